The average molecular weight is 280 g/mol. The maximum Gasteiger partial charge on any atom is 0.118 e. The van der Waals surface area contributed by atoms with Gasteiger partial charge in [-0.2, -0.15) is 0 Å². The van der Waals surface area contributed by atoms with Gasteiger partial charge in [0.05, 0.1) is 19.8 Å². The molecule has 0 saturated carbocycles. The van der Waals surface area contributed by atoms with Crippen molar-refractivity contribution in [1.82, 2.24) is 10.2 Å². The third kappa shape index (κ3) is 5.90. The number of hydrogen-bond acceptors (Lipinski definition) is 4. The smallest absolute Gasteiger partial charge is 0.118 e. The summed E-state index contributed by atoms with van der Waals surface area (Å²) in [4.78, 5) is 2.29. The van der Waals surface area contributed by atoms with Gasteiger partial charge < -0.3 is 19.7 Å². The van der Waals surface area contributed by atoms with Gasteiger partial charge in [0.25, 0.3) is 0 Å². The Labute approximate surface area is 123 Å². The van der Waals surface area contributed by atoms with Crippen molar-refractivity contribution in [3.05, 3.63) is 29.8 Å². The molecule has 1 rings (SSSR count). The van der Waals surface area contributed by atoms with E-state index in [4.69, 9.17) is 9.47 Å². The first-order valence-electron chi connectivity index (χ1n) is 7.18. The second-order valence-corrected chi connectivity index (χ2v) is 5.30. The molecule has 0 radical (unpaired) electrons. The number of nitrogens with one attached hydrogen (secondary N) is 1. The van der Waals surface area contributed by atoms with Crippen LogP contribution in [0.15, 0.2) is 24.3 Å². The number of ether oxygens (including phenoxy) is 2. The number of methoxy groups -OCH3 is 1. The van der Waals surface area contributed by atoms with Crippen molar-refractivity contribution in [3.63, 3.8) is 0 Å². The minimum atomic E-state index is 0.296. The molecule has 0 amide bonds. The maximum absolute atomic E-state index is 5.59. The molecule has 0 spiro atoms. The lowest BCUT2D eigenvalue weighted by Crippen LogP contribution is -2.33. The predicted octanol–water partition coefficient (Wildman–Crippen LogP) is 2.31. The van der Waals surface area contributed by atoms with Crippen LogP contribution in [0.25, 0.3) is 0 Å². The Bertz CT molecular complexity index is 365. The van der Waals surface area contributed by atoms with Crippen LogP contribution in [0.5, 0.6) is 5.75 Å². The van der Waals surface area contributed by atoms with E-state index in [2.05, 4.69) is 43.2 Å². The molecular formula is C16H28N2O2. The van der Waals surface area contributed by atoms with Gasteiger partial charge in [-0.25, -0.2) is 0 Å². The third-order valence-corrected chi connectivity index (χ3v) is 3.29. The van der Waals surface area contributed by atoms with E-state index >= 15 is 0 Å². The monoisotopic (exact) mass is 280 g/mol. The van der Waals surface area contributed by atoms with E-state index in [0.29, 0.717) is 12.1 Å². The van der Waals surface area contributed by atoms with Gasteiger partial charge >= 0.3 is 0 Å². The molecule has 1 aromatic carbocycles. The Balaban J connectivity index is 2.48. The molecule has 0 aromatic heterocycles. The molecule has 0 aliphatic carbocycles. The zero-order valence-electron chi connectivity index (χ0n) is 13.3. The van der Waals surface area contributed by atoms with Crippen LogP contribution in [0.2, 0.25) is 0 Å². The molecule has 4 nitrogen and oxygen atoms in total. The molecule has 20 heavy (non-hydrogen) atoms. The van der Waals surface area contributed by atoms with E-state index in [1.165, 1.54) is 5.56 Å². The molecule has 114 valence electrons. The number of benzene rings is 1. The highest BCUT2D eigenvalue weighted by Crippen LogP contribution is 2.18. The molecule has 1 aromatic rings. The summed E-state index contributed by atoms with van der Waals surface area (Å²) >= 11 is 0. The topological polar surface area (TPSA) is 33.7 Å². The van der Waals surface area contributed by atoms with Crippen LogP contribution < -0.4 is 10.1 Å². The number of likely N-dealkylation sites (N-methyl/N-ethyl adjacent to an activating group) is 2. The lowest BCUT2D eigenvalue weighted by Gasteiger charge is -2.24. The normalized spacial score (nSPS) is 12.9. The van der Waals surface area contributed by atoms with Crippen molar-refractivity contribution in [3.8, 4) is 5.75 Å². The molecule has 0 aliphatic heterocycles. The summed E-state index contributed by atoms with van der Waals surface area (Å²) in [6.45, 7) is 6.78. The van der Waals surface area contributed by atoms with Crippen molar-refractivity contribution in [2.24, 2.45) is 0 Å². The van der Waals surface area contributed by atoms with Crippen LogP contribution in [0.3, 0.4) is 0 Å². The fraction of sp³-hybridized carbons (Fsp3) is 0.625. The van der Waals surface area contributed by atoms with Crippen LogP contribution in [-0.2, 0) is 4.74 Å². The first-order valence-corrected chi connectivity index (χ1v) is 7.18. The van der Waals surface area contributed by atoms with Gasteiger partial charge in [0, 0.05) is 19.1 Å². The van der Waals surface area contributed by atoms with Crippen molar-refractivity contribution in [1.29, 1.82) is 0 Å². The SMILES string of the molecule is CNC(CN(C)CCOC(C)C)c1ccc(OC)cc1. The van der Waals surface area contributed by atoms with Crippen molar-refractivity contribution in [2.45, 2.75) is 26.0 Å². The standard InChI is InChI=1S/C16H28N2O2/c1-13(2)20-11-10-18(4)12-16(17-3)14-6-8-15(19-5)9-7-14/h6-9,13,16-17H,10-12H2,1-5H3. The lowest BCUT2D eigenvalue weighted by atomic mass is 10.1. The minimum Gasteiger partial charge on any atom is -0.497 e. The summed E-state index contributed by atoms with van der Waals surface area (Å²) in [6.07, 6.45) is 0.296. The zero-order valence-corrected chi connectivity index (χ0v) is 13.3. The Kier molecular flexibility index (Phi) is 7.59. The first kappa shape index (κ1) is 17.0. The third-order valence-electron chi connectivity index (χ3n) is 3.29. The highest BCUT2D eigenvalue weighted by Gasteiger charge is 2.12. The van der Waals surface area contributed by atoms with Gasteiger partial charge in [0.1, 0.15) is 5.75 Å². The highest BCUT2D eigenvalue weighted by molar-refractivity contribution is 5.29. The van der Waals surface area contributed by atoms with Gasteiger partial charge in [0.2, 0.25) is 0 Å². The van der Waals surface area contributed by atoms with Crippen LogP contribution in [0.4, 0.5) is 0 Å². The van der Waals surface area contributed by atoms with E-state index in [1.807, 2.05) is 19.2 Å². The van der Waals surface area contributed by atoms with Gasteiger partial charge in [-0.3, -0.25) is 0 Å². The fourth-order valence-electron chi connectivity index (χ4n) is 2.05. The van der Waals surface area contributed by atoms with Crippen molar-refractivity contribution < 1.29 is 9.47 Å². The summed E-state index contributed by atoms with van der Waals surface area (Å²) in [6, 6.07) is 8.53. The molecule has 1 N–H and O–H groups in total. The number of hydrogen-bond donors (Lipinski definition) is 1. The number of nitrogens with zero attached hydrogens (tertiary/aromatic N) is 1. The van der Waals surface area contributed by atoms with Gasteiger partial charge in [-0.1, -0.05) is 12.1 Å². The fourth-order valence-corrected chi connectivity index (χ4v) is 2.05. The summed E-state index contributed by atoms with van der Waals surface area (Å²) in [7, 11) is 5.80. The van der Waals surface area contributed by atoms with Crippen molar-refractivity contribution in [2.75, 3.05) is 40.9 Å². The molecule has 0 saturated heterocycles. The summed E-state index contributed by atoms with van der Waals surface area (Å²) in [5, 5.41) is 3.36. The largest absolute Gasteiger partial charge is 0.497 e. The second-order valence-electron chi connectivity index (χ2n) is 5.30. The Morgan fingerprint density at radius 2 is 1.85 bits per heavy atom. The zero-order chi connectivity index (χ0) is 15.0. The van der Waals surface area contributed by atoms with Crippen LogP contribution in [0.1, 0.15) is 25.5 Å². The molecule has 1 unspecified atom stereocenters. The molecule has 4 heteroatoms. The molecule has 0 bridgehead atoms. The lowest BCUT2D eigenvalue weighted by molar-refractivity contribution is 0.0624. The Morgan fingerprint density at radius 1 is 1.20 bits per heavy atom. The predicted molar refractivity (Wildman–Crippen MR) is 83.4 cm³/mol. The Hall–Kier alpha value is -1.10. The van der Waals surface area contributed by atoms with Crippen LogP contribution in [-0.4, -0.2) is 51.9 Å². The molecule has 0 heterocycles. The second kappa shape index (κ2) is 8.95. The molecule has 0 fully saturated rings. The molecular weight excluding hydrogens is 252 g/mol. The summed E-state index contributed by atoms with van der Waals surface area (Å²) in [5.74, 6) is 0.891. The number of rotatable bonds is 9. The Morgan fingerprint density at radius 3 is 2.35 bits per heavy atom. The first-order chi connectivity index (χ1) is 9.56. The van der Waals surface area contributed by atoms with E-state index in [-0.39, 0.29) is 0 Å². The van der Waals surface area contributed by atoms with Crippen molar-refractivity contribution >= 4 is 0 Å². The average Bonchev–Trinajstić information content (AvgIpc) is 2.44. The van der Waals surface area contributed by atoms with Crippen LogP contribution in [0, 0.1) is 0 Å². The van der Waals surface area contributed by atoms with Gasteiger partial charge in [-0.15, -0.1) is 0 Å². The van der Waals surface area contributed by atoms with E-state index in [9.17, 15) is 0 Å². The summed E-state index contributed by atoms with van der Waals surface area (Å²) < 4.78 is 10.8. The molecule has 1 atom stereocenters. The van der Waals surface area contributed by atoms with Gasteiger partial charge in [-0.05, 0) is 45.6 Å². The van der Waals surface area contributed by atoms with Crippen LogP contribution >= 0.6 is 0 Å². The highest BCUT2D eigenvalue weighted by atomic mass is 16.5. The summed E-state index contributed by atoms with van der Waals surface area (Å²) in [5.41, 5.74) is 1.27. The van der Waals surface area contributed by atoms with E-state index in [0.717, 1.165) is 25.4 Å². The van der Waals surface area contributed by atoms with E-state index < -0.39 is 0 Å². The molecule has 0 aliphatic rings. The van der Waals surface area contributed by atoms with Gasteiger partial charge in [0.15, 0.2) is 0 Å². The quantitative estimate of drug-likeness (QED) is 0.752. The minimum absolute atomic E-state index is 0.296. The van der Waals surface area contributed by atoms with E-state index in [1.54, 1.807) is 7.11 Å². The maximum atomic E-state index is 5.59.